The zero-order valence-electron chi connectivity index (χ0n) is 11.6. The quantitative estimate of drug-likeness (QED) is 0.694. The number of rotatable bonds is 4. The fraction of sp³-hybridized carbons (Fsp3) is 0.0588. The summed E-state index contributed by atoms with van der Waals surface area (Å²) in [5.74, 6) is -0.0790. The van der Waals surface area contributed by atoms with Gasteiger partial charge in [-0.1, -0.05) is 6.07 Å². The second-order valence-electron chi connectivity index (χ2n) is 4.74. The van der Waals surface area contributed by atoms with Gasteiger partial charge in [-0.05, 0) is 30.3 Å². The van der Waals surface area contributed by atoms with E-state index in [9.17, 15) is 9.18 Å². The van der Waals surface area contributed by atoms with Crippen LogP contribution >= 0.6 is 0 Å². The standard InChI is InChI=1S/C17H12FN3O/c18-15-5-3-12(4-6-15)16(22)8-17-20-10-14(11-21-17)13-2-1-7-19-9-13/h1-7,9-11H,8H2. The molecule has 0 N–H and O–H groups in total. The highest BCUT2D eigenvalue weighted by Gasteiger charge is 2.09. The number of aromatic nitrogens is 3. The van der Waals surface area contributed by atoms with Crippen LogP contribution in [0.3, 0.4) is 0 Å². The van der Waals surface area contributed by atoms with Crippen LogP contribution < -0.4 is 0 Å². The lowest BCUT2D eigenvalue weighted by Gasteiger charge is -2.03. The number of carbonyl (C=O) groups is 1. The summed E-state index contributed by atoms with van der Waals surface area (Å²) in [4.78, 5) is 24.5. The van der Waals surface area contributed by atoms with Gasteiger partial charge in [0.2, 0.25) is 0 Å². The van der Waals surface area contributed by atoms with Crippen molar-refractivity contribution in [1.29, 1.82) is 0 Å². The van der Waals surface area contributed by atoms with Crippen molar-refractivity contribution in [3.8, 4) is 11.1 Å². The van der Waals surface area contributed by atoms with Crippen LogP contribution in [-0.4, -0.2) is 20.7 Å². The fourth-order valence-electron chi connectivity index (χ4n) is 2.01. The Balaban J connectivity index is 1.73. The summed E-state index contributed by atoms with van der Waals surface area (Å²) in [5.41, 5.74) is 2.20. The van der Waals surface area contributed by atoms with Crippen LogP contribution in [-0.2, 0) is 6.42 Å². The first-order valence-electron chi connectivity index (χ1n) is 6.72. The largest absolute Gasteiger partial charge is 0.294 e. The van der Waals surface area contributed by atoms with Crippen LogP contribution in [0.2, 0.25) is 0 Å². The lowest BCUT2D eigenvalue weighted by atomic mass is 10.1. The van der Waals surface area contributed by atoms with E-state index in [2.05, 4.69) is 15.0 Å². The zero-order valence-corrected chi connectivity index (χ0v) is 11.6. The van der Waals surface area contributed by atoms with E-state index in [4.69, 9.17) is 0 Å². The van der Waals surface area contributed by atoms with Gasteiger partial charge in [0.05, 0.1) is 6.42 Å². The first-order chi connectivity index (χ1) is 10.7. The molecule has 0 aliphatic carbocycles. The summed E-state index contributed by atoms with van der Waals surface area (Å²) in [5, 5.41) is 0. The van der Waals surface area contributed by atoms with Gasteiger partial charge >= 0.3 is 0 Å². The van der Waals surface area contributed by atoms with Crippen molar-refractivity contribution in [2.75, 3.05) is 0 Å². The van der Waals surface area contributed by atoms with Crippen LogP contribution in [0.25, 0.3) is 11.1 Å². The van der Waals surface area contributed by atoms with Crippen LogP contribution in [0.4, 0.5) is 4.39 Å². The number of hydrogen-bond donors (Lipinski definition) is 0. The van der Waals surface area contributed by atoms with Gasteiger partial charge in [0.25, 0.3) is 0 Å². The molecule has 0 bridgehead atoms. The predicted octanol–water partition coefficient (Wildman–Crippen LogP) is 3.10. The molecular formula is C17H12FN3O. The molecule has 0 atom stereocenters. The van der Waals surface area contributed by atoms with Gasteiger partial charge in [0, 0.05) is 41.5 Å². The molecule has 22 heavy (non-hydrogen) atoms. The molecular weight excluding hydrogens is 281 g/mol. The molecule has 0 saturated carbocycles. The summed E-state index contributed by atoms with van der Waals surface area (Å²) in [6.07, 6.45) is 6.83. The smallest absolute Gasteiger partial charge is 0.170 e. The maximum Gasteiger partial charge on any atom is 0.170 e. The van der Waals surface area contributed by atoms with Crippen molar-refractivity contribution in [1.82, 2.24) is 15.0 Å². The number of Topliss-reactive ketones (excluding diaryl/α,β-unsaturated/α-hetero) is 1. The number of halogens is 1. The maximum atomic E-state index is 12.8. The highest BCUT2D eigenvalue weighted by Crippen LogP contribution is 2.15. The Bertz CT molecular complexity index is 771. The molecule has 0 saturated heterocycles. The Morgan fingerprint density at radius 3 is 2.32 bits per heavy atom. The molecule has 108 valence electrons. The molecule has 1 aromatic carbocycles. The van der Waals surface area contributed by atoms with Crippen LogP contribution in [0.15, 0.2) is 61.2 Å². The first kappa shape index (κ1) is 14.0. The van der Waals surface area contributed by atoms with E-state index in [1.165, 1.54) is 24.3 Å². The molecule has 2 heterocycles. The van der Waals surface area contributed by atoms with Crippen molar-refractivity contribution in [3.63, 3.8) is 0 Å². The lowest BCUT2D eigenvalue weighted by Crippen LogP contribution is -2.07. The van der Waals surface area contributed by atoms with Gasteiger partial charge in [-0.25, -0.2) is 14.4 Å². The summed E-state index contributed by atoms with van der Waals surface area (Å²) in [6, 6.07) is 9.19. The highest BCUT2D eigenvalue weighted by molar-refractivity contribution is 5.97. The van der Waals surface area contributed by atoms with Crippen molar-refractivity contribution < 1.29 is 9.18 Å². The van der Waals surface area contributed by atoms with Crippen molar-refractivity contribution in [2.45, 2.75) is 6.42 Å². The normalized spacial score (nSPS) is 10.4. The topological polar surface area (TPSA) is 55.7 Å². The van der Waals surface area contributed by atoms with Crippen LogP contribution in [0.1, 0.15) is 16.2 Å². The van der Waals surface area contributed by atoms with Crippen LogP contribution in [0.5, 0.6) is 0 Å². The monoisotopic (exact) mass is 293 g/mol. The molecule has 2 aromatic heterocycles. The second-order valence-corrected chi connectivity index (χ2v) is 4.74. The minimum atomic E-state index is -0.367. The third-order valence-electron chi connectivity index (χ3n) is 3.19. The number of nitrogens with zero attached hydrogens (tertiary/aromatic N) is 3. The van der Waals surface area contributed by atoms with Gasteiger partial charge < -0.3 is 0 Å². The molecule has 3 aromatic rings. The molecule has 0 fully saturated rings. The van der Waals surface area contributed by atoms with Gasteiger partial charge in [-0.15, -0.1) is 0 Å². The average molecular weight is 293 g/mol. The number of pyridine rings is 1. The third-order valence-corrected chi connectivity index (χ3v) is 3.19. The van der Waals surface area contributed by atoms with E-state index in [-0.39, 0.29) is 18.0 Å². The molecule has 3 rings (SSSR count). The second kappa shape index (κ2) is 6.22. The number of hydrogen-bond acceptors (Lipinski definition) is 4. The van der Waals surface area contributed by atoms with Gasteiger partial charge in [-0.3, -0.25) is 9.78 Å². The summed E-state index contributed by atoms with van der Waals surface area (Å²) >= 11 is 0. The molecule has 0 spiro atoms. The summed E-state index contributed by atoms with van der Waals surface area (Å²) in [7, 11) is 0. The number of ketones is 1. The molecule has 5 heteroatoms. The molecule has 0 radical (unpaired) electrons. The van der Waals surface area contributed by atoms with E-state index < -0.39 is 0 Å². The maximum absolute atomic E-state index is 12.8. The summed E-state index contributed by atoms with van der Waals surface area (Å²) in [6.45, 7) is 0. The summed E-state index contributed by atoms with van der Waals surface area (Å²) < 4.78 is 12.8. The Kier molecular flexibility index (Phi) is 3.96. The molecule has 4 nitrogen and oxygen atoms in total. The molecule has 0 amide bonds. The van der Waals surface area contributed by atoms with E-state index in [1.807, 2.05) is 12.1 Å². The molecule has 0 unspecified atom stereocenters. The van der Waals surface area contributed by atoms with Crippen molar-refractivity contribution in [3.05, 3.63) is 78.4 Å². The van der Waals surface area contributed by atoms with Gasteiger partial charge in [0.1, 0.15) is 11.6 Å². The Morgan fingerprint density at radius 1 is 0.955 bits per heavy atom. The van der Waals surface area contributed by atoms with E-state index >= 15 is 0 Å². The number of benzene rings is 1. The molecule has 0 aliphatic heterocycles. The highest BCUT2D eigenvalue weighted by atomic mass is 19.1. The van der Waals surface area contributed by atoms with E-state index in [0.717, 1.165) is 11.1 Å². The minimum Gasteiger partial charge on any atom is -0.294 e. The average Bonchev–Trinajstić information content (AvgIpc) is 2.57. The Morgan fingerprint density at radius 2 is 1.68 bits per heavy atom. The molecule has 0 aliphatic rings. The van der Waals surface area contributed by atoms with Crippen LogP contribution in [0, 0.1) is 5.82 Å². The van der Waals surface area contributed by atoms with E-state index in [1.54, 1.807) is 24.8 Å². The SMILES string of the molecule is O=C(Cc1ncc(-c2cccnc2)cn1)c1ccc(F)cc1. The Labute approximate surface area is 126 Å². The Hall–Kier alpha value is -2.95. The van der Waals surface area contributed by atoms with Gasteiger partial charge in [-0.2, -0.15) is 0 Å². The first-order valence-corrected chi connectivity index (χ1v) is 6.72. The van der Waals surface area contributed by atoms with Crippen molar-refractivity contribution >= 4 is 5.78 Å². The van der Waals surface area contributed by atoms with Gasteiger partial charge in [0.15, 0.2) is 5.78 Å². The predicted molar refractivity (Wildman–Crippen MR) is 79.7 cm³/mol. The lowest BCUT2D eigenvalue weighted by molar-refractivity contribution is 0.0990. The fourth-order valence-corrected chi connectivity index (χ4v) is 2.01. The third kappa shape index (κ3) is 3.20. The number of carbonyl (C=O) groups excluding carboxylic acids is 1. The van der Waals surface area contributed by atoms with Crippen molar-refractivity contribution in [2.24, 2.45) is 0 Å². The minimum absolute atomic E-state index is 0.0823. The van der Waals surface area contributed by atoms with E-state index in [0.29, 0.717) is 11.4 Å². The zero-order chi connectivity index (χ0) is 15.4.